The Hall–Kier alpha value is -5.12. The summed E-state index contributed by atoms with van der Waals surface area (Å²) in [6, 6.07) is 7.68. The Morgan fingerprint density at radius 1 is 1.09 bits per heavy atom. The van der Waals surface area contributed by atoms with Gasteiger partial charge in [-0.15, -0.1) is 0 Å². The SMILES string of the molecule is Cn1nc(NS(C)(=O)=O)c2c(Cl)ccc(-c3ccc(C#CC(C)(C)N)nc3C(Cc3cc(F)cc(F)c3)NC(=O)Cn3nc(C(F)F)c4c3C(F)(F)[C@@H]3C[C@H]43)c21. The molecule has 7 rings (SSSR count). The van der Waals surface area contributed by atoms with E-state index in [-0.39, 0.29) is 51.6 Å². The van der Waals surface area contributed by atoms with E-state index >= 15 is 8.78 Å². The molecule has 0 spiro atoms. The van der Waals surface area contributed by atoms with Crippen LogP contribution in [0.25, 0.3) is 22.0 Å². The fourth-order valence-electron chi connectivity index (χ4n) is 7.24. The van der Waals surface area contributed by atoms with Crippen molar-refractivity contribution >= 4 is 44.3 Å². The molecular weight excluding hydrogens is 786 g/mol. The summed E-state index contributed by atoms with van der Waals surface area (Å²) >= 11 is 6.58. The van der Waals surface area contributed by atoms with Crippen LogP contribution in [0.5, 0.6) is 0 Å². The monoisotopic (exact) mass is 818 g/mol. The Morgan fingerprint density at radius 2 is 1.77 bits per heavy atom. The van der Waals surface area contributed by atoms with Gasteiger partial charge in [-0.2, -0.15) is 19.0 Å². The van der Waals surface area contributed by atoms with E-state index in [0.717, 1.165) is 18.4 Å². The lowest BCUT2D eigenvalue weighted by Crippen LogP contribution is -2.35. The van der Waals surface area contributed by atoms with Gasteiger partial charge in [0.25, 0.3) is 12.3 Å². The molecule has 3 aromatic heterocycles. The van der Waals surface area contributed by atoms with Gasteiger partial charge in [0.2, 0.25) is 15.9 Å². The van der Waals surface area contributed by atoms with Crippen molar-refractivity contribution in [2.75, 3.05) is 11.0 Å². The molecule has 2 aliphatic rings. The molecule has 1 amide bonds. The lowest BCUT2D eigenvalue weighted by atomic mass is 9.93. The molecule has 56 heavy (non-hydrogen) atoms. The van der Waals surface area contributed by atoms with Crippen LogP contribution < -0.4 is 15.8 Å². The number of halogens is 7. The molecular formula is C37H33ClF6N8O3S. The lowest BCUT2D eigenvalue weighted by Gasteiger charge is -2.23. The van der Waals surface area contributed by atoms with Crippen LogP contribution in [0.4, 0.5) is 32.2 Å². The van der Waals surface area contributed by atoms with Crippen molar-refractivity contribution in [1.82, 2.24) is 29.9 Å². The number of sulfonamides is 1. The zero-order valence-corrected chi connectivity index (χ0v) is 31.6. The average molecular weight is 819 g/mol. The maximum Gasteiger partial charge on any atom is 0.293 e. The Balaban J connectivity index is 1.39. The van der Waals surface area contributed by atoms with Crippen molar-refractivity contribution in [2.24, 2.45) is 18.7 Å². The Morgan fingerprint density at radius 3 is 2.41 bits per heavy atom. The number of hydrogen-bond donors (Lipinski definition) is 3. The summed E-state index contributed by atoms with van der Waals surface area (Å²) in [5, 5.41) is 11.1. The quantitative estimate of drug-likeness (QED) is 0.108. The van der Waals surface area contributed by atoms with Crippen LogP contribution in [0.1, 0.15) is 72.6 Å². The number of amides is 1. The summed E-state index contributed by atoms with van der Waals surface area (Å²) < 4.78 is 117. The third kappa shape index (κ3) is 7.54. The molecule has 3 heterocycles. The Labute approximate surface area is 321 Å². The second-order valence-corrected chi connectivity index (χ2v) is 16.7. The number of nitrogens with one attached hydrogen (secondary N) is 2. The number of rotatable bonds is 10. The second-order valence-electron chi connectivity index (χ2n) is 14.5. The minimum Gasteiger partial charge on any atom is -0.346 e. The summed E-state index contributed by atoms with van der Waals surface area (Å²) in [6.45, 7) is 2.41. The number of anilines is 1. The molecule has 0 radical (unpaired) electrons. The van der Waals surface area contributed by atoms with Gasteiger partial charge in [0.15, 0.2) is 5.82 Å². The molecule has 0 bridgehead atoms. The molecule has 4 N–H and O–H groups in total. The van der Waals surface area contributed by atoms with Gasteiger partial charge < -0.3 is 11.1 Å². The fourth-order valence-corrected chi connectivity index (χ4v) is 7.98. The first-order valence-electron chi connectivity index (χ1n) is 17.1. The van der Waals surface area contributed by atoms with Crippen molar-refractivity contribution < 1.29 is 39.6 Å². The van der Waals surface area contributed by atoms with Gasteiger partial charge in [-0.1, -0.05) is 23.6 Å². The predicted octanol–water partition coefficient (Wildman–Crippen LogP) is 6.47. The molecule has 1 saturated carbocycles. The second kappa shape index (κ2) is 13.8. The number of nitrogens with two attached hydrogens (primary N) is 1. The largest absolute Gasteiger partial charge is 0.346 e. The highest BCUT2D eigenvalue weighted by Gasteiger charge is 2.67. The van der Waals surface area contributed by atoms with Gasteiger partial charge in [-0.3, -0.25) is 18.9 Å². The van der Waals surface area contributed by atoms with Crippen molar-refractivity contribution in [2.45, 2.75) is 63.1 Å². The highest BCUT2D eigenvalue weighted by Crippen LogP contribution is 2.68. The van der Waals surface area contributed by atoms with Crippen LogP contribution in [0.2, 0.25) is 5.02 Å². The summed E-state index contributed by atoms with van der Waals surface area (Å²) in [6.07, 6.45) is -2.51. The van der Waals surface area contributed by atoms with E-state index in [0.29, 0.717) is 27.4 Å². The van der Waals surface area contributed by atoms with Crippen molar-refractivity contribution in [3.05, 3.63) is 93.0 Å². The molecule has 3 atom stereocenters. The number of alkyl halides is 4. The summed E-state index contributed by atoms with van der Waals surface area (Å²) in [5.41, 5.74) is 4.61. The van der Waals surface area contributed by atoms with E-state index in [9.17, 15) is 30.8 Å². The number of nitrogens with zero attached hydrogens (tertiary/aromatic N) is 5. The van der Waals surface area contributed by atoms with Crippen LogP contribution in [-0.2, 0) is 40.8 Å². The van der Waals surface area contributed by atoms with E-state index in [4.69, 9.17) is 22.3 Å². The van der Waals surface area contributed by atoms with Gasteiger partial charge in [-0.05, 0) is 74.4 Å². The maximum atomic E-state index is 15.4. The van der Waals surface area contributed by atoms with Gasteiger partial charge in [0.1, 0.15) is 35.3 Å². The summed E-state index contributed by atoms with van der Waals surface area (Å²) in [7, 11) is -2.28. The molecule has 294 valence electrons. The third-order valence-electron chi connectivity index (χ3n) is 9.43. The van der Waals surface area contributed by atoms with Crippen molar-refractivity contribution in [3.63, 3.8) is 0 Å². The molecule has 11 nitrogen and oxygen atoms in total. The average Bonchev–Trinajstić information content (AvgIpc) is 3.62. The molecule has 1 unspecified atom stereocenters. The van der Waals surface area contributed by atoms with Crippen LogP contribution in [-0.4, -0.2) is 50.7 Å². The predicted molar refractivity (Wildman–Crippen MR) is 195 cm³/mol. The molecule has 19 heteroatoms. The number of aromatic nitrogens is 5. The van der Waals surface area contributed by atoms with Crippen molar-refractivity contribution in [1.29, 1.82) is 0 Å². The molecule has 2 aliphatic carbocycles. The van der Waals surface area contributed by atoms with Crippen LogP contribution in [0.3, 0.4) is 0 Å². The molecule has 0 saturated heterocycles. The first kappa shape index (κ1) is 39.1. The maximum absolute atomic E-state index is 15.4. The molecule has 1 fully saturated rings. The zero-order chi connectivity index (χ0) is 40.6. The standard InChI is InChI=1S/C37H33ClF6N8O3S/c1-36(2,45)10-9-20-5-6-21(22-7-8-25(38)29-32(22)51(3)49-35(29)50-56(4,54)55)30(46-20)26(13-17-11-18(39)14-19(40)12-17)47-27(53)16-52-33-28(31(48-52)34(41)42)23-15-24(23)37(33,43)44/h5-8,11-12,14,23-24,26,34H,13,15-16,45H2,1-4H3,(H,47,53)(H,49,50)/t23-,24+,26?/m0/s1. The Bertz CT molecular complexity index is 2590. The normalized spacial score (nSPS) is 17.7. The number of fused-ring (bicyclic) bond motifs is 4. The van der Waals surface area contributed by atoms with Gasteiger partial charge in [0.05, 0.1) is 39.5 Å². The van der Waals surface area contributed by atoms with E-state index in [1.54, 1.807) is 32.0 Å². The number of carbonyl (C=O) groups excluding carboxylic acids is 1. The van der Waals surface area contributed by atoms with Crippen molar-refractivity contribution in [3.8, 4) is 23.0 Å². The minimum atomic E-state index is -3.82. The van der Waals surface area contributed by atoms with Crippen LogP contribution >= 0.6 is 11.6 Å². The number of pyridine rings is 1. The number of benzene rings is 2. The Kier molecular flexibility index (Phi) is 9.65. The summed E-state index contributed by atoms with van der Waals surface area (Å²) in [5.74, 6) is -2.59. The topological polar surface area (TPSA) is 150 Å². The lowest BCUT2D eigenvalue weighted by molar-refractivity contribution is -0.123. The number of carbonyl (C=O) groups is 1. The highest BCUT2D eigenvalue weighted by molar-refractivity contribution is 7.92. The number of aryl methyl sites for hydroxylation is 1. The van der Waals surface area contributed by atoms with Crippen LogP contribution in [0, 0.1) is 29.4 Å². The van der Waals surface area contributed by atoms with Gasteiger partial charge in [0, 0.05) is 35.7 Å². The minimum absolute atomic E-state index is 0.0271. The molecule has 5 aromatic rings. The first-order chi connectivity index (χ1) is 26.1. The summed E-state index contributed by atoms with van der Waals surface area (Å²) in [4.78, 5) is 18.7. The third-order valence-corrected chi connectivity index (χ3v) is 10.3. The molecule has 0 aliphatic heterocycles. The molecule has 2 aromatic carbocycles. The van der Waals surface area contributed by atoms with Gasteiger partial charge >= 0.3 is 0 Å². The first-order valence-corrected chi connectivity index (χ1v) is 19.4. The highest BCUT2D eigenvalue weighted by atomic mass is 35.5. The zero-order valence-electron chi connectivity index (χ0n) is 30.1. The fraction of sp³-hybridized carbons (Fsp3) is 0.351. The van der Waals surface area contributed by atoms with E-state index in [1.165, 1.54) is 17.8 Å². The van der Waals surface area contributed by atoms with E-state index in [1.807, 2.05) is 0 Å². The van der Waals surface area contributed by atoms with Gasteiger partial charge in [-0.25, -0.2) is 31.0 Å². The van der Waals surface area contributed by atoms with Crippen LogP contribution in [0.15, 0.2) is 42.5 Å². The number of hydrogen-bond acceptors (Lipinski definition) is 7. The van der Waals surface area contributed by atoms with E-state index in [2.05, 4.69) is 32.1 Å². The smallest absolute Gasteiger partial charge is 0.293 e. The van der Waals surface area contributed by atoms with E-state index < -0.39 is 81.3 Å².